The van der Waals surface area contributed by atoms with Gasteiger partial charge < -0.3 is 5.11 Å². The maximum atomic E-state index is 11.0. The molecular weight excluding hydrogens is 164 g/mol. The molecule has 13 heavy (non-hydrogen) atoms. The predicted molar refractivity (Wildman–Crippen MR) is 52.4 cm³/mol. The summed E-state index contributed by atoms with van der Waals surface area (Å²) < 4.78 is 0. The molecule has 0 bridgehead atoms. The fraction of sp³-hybridized carbons (Fsp3) is 0.545. The van der Waals surface area contributed by atoms with Crippen molar-refractivity contribution in [3.05, 3.63) is 23.3 Å². The average molecular weight is 180 g/mol. The largest absolute Gasteiger partial charge is 0.481 e. The van der Waals surface area contributed by atoms with Crippen molar-refractivity contribution in [1.82, 2.24) is 0 Å². The Bertz CT molecular complexity index is 295. The number of aliphatic carboxylic acids is 1. The zero-order chi connectivity index (χ0) is 10.2. The molecule has 0 amide bonds. The van der Waals surface area contributed by atoms with Crippen LogP contribution in [0.4, 0.5) is 0 Å². The van der Waals surface area contributed by atoms with E-state index in [0.717, 1.165) is 11.1 Å². The van der Waals surface area contributed by atoms with Gasteiger partial charge in [-0.1, -0.05) is 37.1 Å². The Morgan fingerprint density at radius 2 is 2.00 bits per heavy atom. The standard InChI is InChI=1S/C11H16O2/c1-7-5-8(2)9(10(12)13)11(3,4)6-7/h5-6,9H,1-4H3,(H,12,13). The molecule has 1 aliphatic carbocycles. The SMILES string of the molecule is CC1=CC(C)(C)C(C(=O)O)C(C)=C1. The van der Waals surface area contributed by atoms with Crippen LogP contribution < -0.4 is 0 Å². The molecule has 0 aromatic carbocycles. The minimum Gasteiger partial charge on any atom is -0.481 e. The number of hydrogen-bond donors (Lipinski definition) is 1. The number of rotatable bonds is 1. The van der Waals surface area contributed by atoms with Crippen molar-refractivity contribution in [2.45, 2.75) is 27.7 Å². The highest BCUT2D eigenvalue weighted by Gasteiger charge is 2.36. The van der Waals surface area contributed by atoms with Gasteiger partial charge in [0.2, 0.25) is 0 Å². The van der Waals surface area contributed by atoms with Crippen LogP contribution in [-0.2, 0) is 4.79 Å². The van der Waals surface area contributed by atoms with Crippen molar-refractivity contribution in [3.8, 4) is 0 Å². The molecule has 0 aromatic heterocycles. The highest BCUT2D eigenvalue weighted by Crippen LogP contribution is 2.38. The lowest BCUT2D eigenvalue weighted by molar-refractivity contribution is -0.143. The van der Waals surface area contributed by atoms with Gasteiger partial charge in [-0.25, -0.2) is 0 Å². The summed E-state index contributed by atoms with van der Waals surface area (Å²) in [6.07, 6.45) is 3.98. The summed E-state index contributed by atoms with van der Waals surface area (Å²) in [6.45, 7) is 7.82. The van der Waals surface area contributed by atoms with Gasteiger partial charge in [0.1, 0.15) is 0 Å². The average Bonchev–Trinajstić information content (AvgIpc) is 1.78. The van der Waals surface area contributed by atoms with E-state index < -0.39 is 5.97 Å². The van der Waals surface area contributed by atoms with Crippen LogP contribution in [0.2, 0.25) is 0 Å². The second-order valence-electron chi connectivity index (χ2n) is 4.37. The van der Waals surface area contributed by atoms with Crippen LogP contribution in [0.15, 0.2) is 23.3 Å². The first-order chi connectivity index (χ1) is 5.84. The Labute approximate surface area is 79.0 Å². The third-order valence-electron chi connectivity index (χ3n) is 2.50. The number of allylic oxidation sites excluding steroid dienone is 3. The molecular formula is C11H16O2. The monoisotopic (exact) mass is 180 g/mol. The first-order valence-electron chi connectivity index (χ1n) is 4.45. The Morgan fingerprint density at radius 3 is 2.38 bits per heavy atom. The number of carboxylic acid groups (broad SMARTS) is 1. The smallest absolute Gasteiger partial charge is 0.311 e. The summed E-state index contributed by atoms with van der Waals surface area (Å²) in [6, 6.07) is 0. The third kappa shape index (κ3) is 1.82. The maximum Gasteiger partial charge on any atom is 0.311 e. The Balaban J connectivity index is 3.12. The van der Waals surface area contributed by atoms with Crippen LogP contribution in [0.3, 0.4) is 0 Å². The first kappa shape index (κ1) is 10.0. The Morgan fingerprint density at radius 1 is 1.46 bits per heavy atom. The zero-order valence-corrected chi connectivity index (χ0v) is 8.59. The third-order valence-corrected chi connectivity index (χ3v) is 2.50. The van der Waals surface area contributed by atoms with Crippen LogP contribution in [0.25, 0.3) is 0 Å². The molecule has 1 aliphatic rings. The normalized spacial score (nSPS) is 26.3. The molecule has 0 aromatic rings. The molecule has 0 saturated heterocycles. The van der Waals surface area contributed by atoms with Crippen LogP contribution in [0, 0.1) is 11.3 Å². The summed E-state index contributed by atoms with van der Waals surface area (Å²) in [5.74, 6) is -1.11. The fourth-order valence-electron chi connectivity index (χ4n) is 2.25. The van der Waals surface area contributed by atoms with Crippen LogP contribution >= 0.6 is 0 Å². The lowest BCUT2D eigenvalue weighted by Crippen LogP contribution is -2.32. The fourth-order valence-corrected chi connectivity index (χ4v) is 2.25. The van der Waals surface area contributed by atoms with E-state index in [4.69, 9.17) is 5.11 Å². The molecule has 1 rings (SSSR count). The topological polar surface area (TPSA) is 37.3 Å². The highest BCUT2D eigenvalue weighted by atomic mass is 16.4. The molecule has 1 unspecified atom stereocenters. The van der Waals surface area contributed by atoms with Gasteiger partial charge in [-0.15, -0.1) is 0 Å². The summed E-state index contributed by atoms with van der Waals surface area (Å²) >= 11 is 0. The van der Waals surface area contributed by atoms with E-state index in [1.54, 1.807) is 0 Å². The minimum atomic E-state index is -0.734. The molecule has 1 atom stereocenters. The zero-order valence-electron chi connectivity index (χ0n) is 8.59. The number of carboxylic acids is 1. The van der Waals surface area contributed by atoms with Gasteiger partial charge in [0.05, 0.1) is 5.92 Å². The van der Waals surface area contributed by atoms with Crippen molar-refractivity contribution >= 4 is 5.97 Å². The van der Waals surface area contributed by atoms with Gasteiger partial charge in [0.15, 0.2) is 0 Å². The predicted octanol–water partition coefficient (Wildman–Crippen LogP) is 2.62. The van der Waals surface area contributed by atoms with Gasteiger partial charge in [-0.3, -0.25) is 4.79 Å². The van der Waals surface area contributed by atoms with Gasteiger partial charge in [0.25, 0.3) is 0 Å². The van der Waals surface area contributed by atoms with Gasteiger partial charge in [-0.2, -0.15) is 0 Å². The van der Waals surface area contributed by atoms with Crippen molar-refractivity contribution in [3.63, 3.8) is 0 Å². The molecule has 72 valence electrons. The van der Waals surface area contributed by atoms with E-state index in [1.807, 2.05) is 39.8 Å². The van der Waals surface area contributed by atoms with E-state index >= 15 is 0 Å². The van der Waals surface area contributed by atoms with E-state index in [0.29, 0.717) is 0 Å². The first-order valence-corrected chi connectivity index (χ1v) is 4.45. The second kappa shape index (κ2) is 3.02. The van der Waals surface area contributed by atoms with Crippen LogP contribution in [-0.4, -0.2) is 11.1 Å². The Hall–Kier alpha value is -1.05. The molecule has 0 fully saturated rings. The molecule has 0 radical (unpaired) electrons. The molecule has 1 N–H and O–H groups in total. The van der Waals surface area contributed by atoms with E-state index in [1.165, 1.54) is 0 Å². The molecule has 0 spiro atoms. The van der Waals surface area contributed by atoms with E-state index in [9.17, 15) is 4.79 Å². The van der Waals surface area contributed by atoms with E-state index in [2.05, 4.69) is 0 Å². The summed E-state index contributed by atoms with van der Waals surface area (Å²) in [7, 11) is 0. The molecule has 0 saturated carbocycles. The van der Waals surface area contributed by atoms with Crippen molar-refractivity contribution in [2.75, 3.05) is 0 Å². The lowest BCUT2D eigenvalue weighted by atomic mass is 9.71. The summed E-state index contributed by atoms with van der Waals surface area (Å²) in [4.78, 5) is 11.0. The summed E-state index contributed by atoms with van der Waals surface area (Å²) in [5.41, 5.74) is 1.83. The van der Waals surface area contributed by atoms with Gasteiger partial charge >= 0.3 is 5.97 Å². The van der Waals surface area contributed by atoms with E-state index in [-0.39, 0.29) is 11.3 Å². The van der Waals surface area contributed by atoms with Crippen molar-refractivity contribution < 1.29 is 9.90 Å². The van der Waals surface area contributed by atoms with Gasteiger partial charge in [-0.05, 0) is 13.8 Å². The second-order valence-corrected chi connectivity index (χ2v) is 4.37. The van der Waals surface area contributed by atoms with Gasteiger partial charge in [0, 0.05) is 5.41 Å². The molecule has 0 heterocycles. The maximum absolute atomic E-state index is 11.0. The quantitative estimate of drug-likeness (QED) is 0.673. The number of hydrogen-bond acceptors (Lipinski definition) is 1. The highest BCUT2D eigenvalue weighted by molar-refractivity contribution is 5.76. The van der Waals surface area contributed by atoms with Crippen molar-refractivity contribution in [2.24, 2.45) is 11.3 Å². The minimum absolute atomic E-state index is 0.269. The molecule has 2 heteroatoms. The Kier molecular flexibility index (Phi) is 2.33. The summed E-state index contributed by atoms with van der Waals surface area (Å²) in [5, 5.41) is 9.06. The number of carbonyl (C=O) groups is 1. The van der Waals surface area contributed by atoms with Crippen LogP contribution in [0.1, 0.15) is 27.7 Å². The molecule has 0 aliphatic heterocycles. The van der Waals surface area contributed by atoms with Crippen molar-refractivity contribution in [1.29, 1.82) is 0 Å². The molecule has 2 nitrogen and oxygen atoms in total. The lowest BCUT2D eigenvalue weighted by Gasteiger charge is -2.32. The van der Waals surface area contributed by atoms with Crippen LogP contribution in [0.5, 0.6) is 0 Å².